The molecule has 0 amide bonds. The van der Waals surface area contributed by atoms with E-state index in [0.29, 0.717) is 5.01 Å². The zero-order chi connectivity index (χ0) is 12.4. The summed E-state index contributed by atoms with van der Waals surface area (Å²) >= 11 is 1.30. The van der Waals surface area contributed by atoms with Gasteiger partial charge in [-0.15, -0.1) is 11.3 Å². The molecule has 1 heterocycles. The van der Waals surface area contributed by atoms with Gasteiger partial charge in [0.15, 0.2) is 0 Å². The van der Waals surface area contributed by atoms with E-state index < -0.39 is 0 Å². The van der Waals surface area contributed by atoms with Crippen LogP contribution in [0.1, 0.15) is 20.9 Å². The van der Waals surface area contributed by atoms with E-state index in [1.807, 2.05) is 11.4 Å². The first-order chi connectivity index (χ1) is 8.11. The summed E-state index contributed by atoms with van der Waals surface area (Å²) in [6.45, 7) is 4.13. The molecule has 3 nitrogen and oxygen atoms in total. The number of methoxy groups -OCH3 is 1. The molecule has 0 fully saturated rings. The van der Waals surface area contributed by atoms with E-state index >= 15 is 0 Å². The van der Waals surface area contributed by atoms with Gasteiger partial charge in [0.2, 0.25) is 5.01 Å². The first-order valence-electron chi connectivity index (χ1n) is 5.23. The predicted molar refractivity (Wildman–Crippen MR) is 68.4 cm³/mol. The van der Waals surface area contributed by atoms with Crippen molar-refractivity contribution in [3.63, 3.8) is 0 Å². The van der Waals surface area contributed by atoms with Crippen LogP contribution in [0.2, 0.25) is 0 Å². The highest BCUT2D eigenvalue weighted by molar-refractivity contribution is 7.11. The van der Waals surface area contributed by atoms with Crippen molar-refractivity contribution in [3.05, 3.63) is 39.7 Å². The Kier molecular flexibility index (Phi) is 3.24. The topological polar surface area (TPSA) is 39.2 Å². The molecule has 0 saturated heterocycles. The average molecular weight is 247 g/mol. The van der Waals surface area contributed by atoms with Crippen LogP contribution >= 0.6 is 11.3 Å². The molecule has 0 aliphatic heterocycles. The lowest BCUT2D eigenvalue weighted by atomic mass is 10.1. The van der Waals surface area contributed by atoms with Gasteiger partial charge in [-0.3, -0.25) is 0 Å². The summed E-state index contributed by atoms with van der Waals surface area (Å²) in [7, 11) is 1.36. The molecule has 1 aromatic heterocycles. The molecule has 0 atom stereocenters. The second-order valence-electron chi connectivity index (χ2n) is 3.83. The van der Waals surface area contributed by atoms with Crippen LogP contribution in [0.25, 0.3) is 11.3 Å². The highest BCUT2D eigenvalue weighted by Crippen LogP contribution is 2.24. The van der Waals surface area contributed by atoms with E-state index in [0.717, 1.165) is 11.3 Å². The fourth-order valence-corrected chi connectivity index (χ4v) is 2.23. The SMILES string of the molecule is COC(=O)c1nc(-c2ccc(C)c(C)c2)cs1. The molecule has 0 aliphatic rings. The van der Waals surface area contributed by atoms with Crippen molar-refractivity contribution in [3.8, 4) is 11.3 Å². The molecular weight excluding hydrogens is 234 g/mol. The van der Waals surface area contributed by atoms with Crippen LogP contribution in [0.5, 0.6) is 0 Å². The van der Waals surface area contributed by atoms with Gasteiger partial charge in [-0.1, -0.05) is 12.1 Å². The van der Waals surface area contributed by atoms with E-state index in [9.17, 15) is 4.79 Å². The third kappa shape index (κ3) is 2.36. The van der Waals surface area contributed by atoms with E-state index in [-0.39, 0.29) is 5.97 Å². The number of aromatic nitrogens is 1. The lowest BCUT2D eigenvalue weighted by molar-refractivity contribution is 0.0600. The number of benzene rings is 1. The van der Waals surface area contributed by atoms with Crippen LogP contribution < -0.4 is 0 Å². The van der Waals surface area contributed by atoms with Gasteiger partial charge in [-0.25, -0.2) is 9.78 Å². The summed E-state index contributed by atoms with van der Waals surface area (Å²) in [5, 5.41) is 2.26. The van der Waals surface area contributed by atoms with Crippen LogP contribution in [0.4, 0.5) is 0 Å². The van der Waals surface area contributed by atoms with Crippen molar-refractivity contribution in [1.29, 1.82) is 0 Å². The minimum absolute atomic E-state index is 0.384. The van der Waals surface area contributed by atoms with Gasteiger partial charge in [0.05, 0.1) is 12.8 Å². The van der Waals surface area contributed by atoms with Crippen LogP contribution in [0.15, 0.2) is 23.6 Å². The van der Waals surface area contributed by atoms with Gasteiger partial charge in [0.25, 0.3) is 0 Å². The maximum Gasteiger partial charge on any atom is 0.367 e. The third-order valence-corrected chi connectivity index (χ3v) is 3.49. The maximum atomic E-state index is 11.3. The Bertz CT molecular complexity index is 560. The maximum absolute atomic E-state index is 11.3. The Morgan fingerprint density at radius 3 is 2.71 bits per heavy atom. The molecule has 2 aromatic rings. The number of carbonyl (C=O) groups is 1. The lowest BCUT2D eigenvalue weighted by Gasteiger charge is -2.02. The molecule has 0 radical (unpaired) electrons. The summed E-state index contributed by atoms with van der Waals surface area (Å²) in [5.74, 6) is -0.384. The second-order valence-corrected chi connectivity index (χ2v) is 4.69. The summed E-state index contributed by atoms with van der Waals surface area (Å²) < 4.78 is 4.64. The van der Waals surface area contributed by atoms with Crippen molar-refractivity contribution in [2.45, 2.75) is 13.8 Å². The minimum Gasteiger partial charge on any atom is -0.464 e. The quantitative estimate of drug-likeness (QED) is 0.765. The molecule has 0 saturated carbocycles. The number of hydrogen-bond donors (Lipinski definition) is 0. The fraction of sp³-hybridized carbons (Fsp3) is 0.231. The standard InChI is InChI=1S/C13H13NO2S/c1-8-4-5-10(6-9(8)2)11-7-17-12(14-11)13(15)16-3/h4-7H,1-3H3. The zero-order valence-corrected chi connectivity index (χ0v) is 10.8. The Balaban J connectivity index is 2.37. The summed E-state index contributed by atoms with van der Waals surface area (Å²) in [6.07, 6.45) is 0. The van der Waals surface area contributed by atoms with Crippen LogP contribution in [0.3, 0.4) is 0 Å². The van der Waals surface area contributed by atoms with Crippen LogP contribution in [-0.2, 0) is 4.74 Å². The van der Waals surface area contributed by atoms with Gasteiger partial charge in [-0.05, 0) is 31.0 Å². The highest BCUT2D eigenvalue weighted by Gasteiger charge is 2.12. The number of hydrogen-bond acceptors (Lipinski definition) is 4. The van der Waals surface area contributed by atoms with E-state index in [1.54, 1.807) is 0 Å². The lowest BCUT2D eigenvalue weighted by Crippen LogP contribution is -1.99. The molecule has 0 N–H and O–H groups in total. The van der Waals surface area contributed by atoms with Crippen LogP contribution in [-0.4, -0.2) is 18.1 Å². The first-order valence-corrected chi connectivity index (χ1v) is 6.11. The minimum atomic E-state index is -0.384. The van der Waals surface area contributed by atoms with Gasteiger partial charge in [0.1, 0.15) is 0 Å². The van der Waals surface area contributed by atoms with E-state index in [2.05, 4.69) is 35.7 Å². The molecule has 0 aliphatic carbocycles. The second kappa shape index (κ2) is 4.67. The van der Waals surface area contributed by atoms with Crippen molar-refractivity contribution in [2.75, 3.05) is 7.11 Å². The Hall–Kier alpha value is -1.68. The molecule has 0 spiro atoms. The van der Waals surface area contributed by atoms with Gasteiger partial charge < -0.3 is 4.74 Å². The van der Waals surface area contributed by atoms with E-state index in [4.69, 9.17) is 0 Å². The summed E-state index contributed by atoms with van der Waals surface area (Å²) in [6, 6.07) is 6.14. The largest absolute Gasteiger partial charge is 0.464 e. The molecule has 88 valence electrons. The molecule has 2 rings (SSSR count). The number of carbonyl (C=O) groups excluding carboxylic acids is 1. The molecule has 17 heavy (non-hydrogen) atoms. The van der Waals surface area contributed by atoms with Crippen molar-refractivity contribution in [1.82, 2.24) is 4.98 Å². The number of rotatable bonds is 2. The summed E-state index contributed by atoms with van der Waals surface area (Å²) in [4.78, 5) is 15.6. The predicted octanol–water partition coefficient (Wildman–Crippen LogP) is 3.21. The molecular formula is C13H13NO2S. The number of esters is 1. The van der Waals surface area contributed by atoms with Gasteiger partial charge in [-0.2, -0.15) is 0 Å². The molecule has 1 aromatic carbocycles. The Morgan fingerprint density at radius 1 is 1.29 bits per heavy atom. The Morgan fingerprint density at radius 2 is 2.06 bits per heavy atom. The monoisotopic (exact) mass is 247 g/mol. The first kappa shape index (κ1) is 11.8. The molecule has 0 unspecified atom stereocenters. The van der Waals surface area contributed by atoms with E-state index in [1.165, 1.54) is 29.6 Å². The van der Waals surface area contributed by atoms with Crippen molar-refractivity contribution in [2.24, 2.45) is 0 Å². The Labute approximate surface area is 104 Å². The van der Waals surface area contributed by atoms with Crippen molar-refractivity contribution < 1.29 is 9.53 Å². The smallest absolute Gasteiger partial charge is 0.367 e. The van der Waals surface area contributed by atoms with Gasteiger partial charge >= 0.3 is 5.97 Å². The number of aryl methyl sites for hydroxylation is 2. The average Bonchev–Trinajstić information content (AvgIpc) is 2.81. The number of nitrogens with zero attached hydrogens (tertiary/aromatic N) is 1. The number of ether oxygens (including phenoxy) is 1. The molecule has 0 bridgehead atoms. The third-order valence-electron chi connectivity index (χ3n) is 2.67. The van der Waals surface area contributed by atoms with Crippen molar-refractivity contribution >= 4 is 17.3 Å². The fourth-order valence-electron chi connectivity index (χ4n) is 1.49. The number of thiazole rings is 1. The normalized spacial score (nSPS) is 10.3. The summed E-state index contributed by atoms with van der Waals surface area (Å²) in [5.41, 5.74) is 4.31. The van der Waals surface area contributed by atoms with Crippen LogP contribution in [0, 0.1) is 13.8 Å². The molecule has 4 heteroatoms. The zero-order valence-electron chi connectivity index (χ0n) is 9.98. The highest BCUT2D eigenvalue weighted by atomic mass is 32.1. The van der Waals surface area contributed by atoms with Gasteiger partial charge in [0, 0.05) is 10.9 Å².